The van der Waals surface area contributed by atoms with Crippen molar-refractivity contribution in [2.24, 2.45) is 0 Å². The number of hydrogen-bond donors (Lipinski definition) is 1. The zero-order valence-electron chi connectivity index (χ0n) is 10.1. The number of aromatic nitrogens is 1. The van der Waals surface area contributed by atoms with E-state index in [-0.39, 0.29) is 5.82 Å². The van der Waals surface area contributed by atoms with Gasteiger partial charge in [-0.25, -0.2) is 9.37 Å². The first kappa shape index (κ1) is 12.8. The Balaban J connectivity index is 1.96. The predicted molar refractivity (Wildman–Crippen MR) is 86.8 cm³/mol. The lowest BCUT2D eigenvalue weighted by atomic mass is 10.2. The van der Waals surface area contributed by atoms with Crippen LogP contribution in [-0.2, 0) is 0 Å². The van der Waals surface area contributed by atoms with Gasteiger partial charge in [-0.2, -0.15) is 0 Å². The van der Waals surface area contributed by atoms with Crippen LogP contribution in [0.3, 0.4) is 0 Å². The highest BCUT2D eigenvalue weighted by Gasteiger charge is 2.06. The fourth-order valence-corrected chi connectivity index (χ4v) is 3.27. The molecule has 0 fully saturated rings. The summed E-state index contributed by atoms with van der Waals surface area (Å²) in [6, 6.07) is 10.9. The molecule has 96 valence electrons. The third-order valence-electron chi connectivity index (χ3n) is 2.72. The molecule has 0 atom stereocenters. The molecule has 19 heavy (non-hydrogen) atoms. The number of rotatable bonds is 2. The molecular weight excluding hydrogens is 374 g/mol. The molecule has 2 nitrogen and oxygen atoms in total. The first-order valence-electron chi connectivity index (χ1n) is 5.71. The summed E-state index contributed by atoms with van der Waals surface area (Å²) < 4.78 is 15.0. The highest BCUT2D eigenvalue weighted by molar-refractivity contribution is 14.1. The summed E-state index contributed by atoms with van der Waals surface area (Å²) in [5.41, 5.74) is 3.06. The molecule has 0 saturated carbocycles. The van der Waals surface area contributed by atoms with Gasteiger partial charge in [0.15, 0.2) is 5.13 Å². The molecule has 0 radical (unpaired) electrons. The third kappa shape index (κ3) is 2.71. The van der Waals surface area contributed by atoms with Crippen LogP contribution >= 0.6 is 33.9 Å². The van der Waals surface area contributed by atoms with Crippen molar-refractivity contribution >= 4 is 55.0 Å². The number of aryl methyl sites for hydroxylation is 1. The number of anilines is 2. The van der Waals surface area contributed by atoms with E-state index in [0.29, 0.717) is 0 Å². The lowest BCUT2D eigenvalue weighted by molar-refractivity contribution is 0.627. The van der Waals surface area contributed by atoms with Crippen molar-refractivity contribution in [3.63, 3.8) is 0 Å². The van der Waals surface area contributed by atoms with Crippen molar-refractivity contribution in [1.82, 2.24) is 4.98 Å². The van der Waals surface area contributed by atoms with Gasteiger partial charge in [-0.3, -0.25) is 0 Å². The first-order chi connectivity index (χ1) is 9.11. The van der Waals surface area contributed by atoms with E-state index >= 15 is 0 Å². The highest BCUT2D eigenvalue weighted by atomic mass is 127. The Kier molecular flexibility index (Phi) is 3.40. The molecular formula is C14H10FIN2S. The van der Waals surface area contributed by atoms with E-state index in [1.807, 2.05) is 0 Å². The van der Waals surface area contributed by atoms with E-state index in [1.54, 1.807) is 17.4 Å². The van der Waals surface area contributed by atoms with Crippen LogP contribution in [0.25, 0.3) is 10.2 Å². The van der Waals surface area contributed by atoms with Crippen molar-refractivity contribution in [2.75, 3.05) is 5.32 Å². The van der Waals surface area contributed by atoms with Gasteiger partial charge in [0.1, 0.15) is 5.82 Å². The van der Waals surface area contributed by atoms with E-state index in [0.717, 1.165) is 24.6 Å². The standard InChI is InChI=1S/C14H10FIN2S/c1-8-2-5-13-12(6-8)18-14(19-13)17-11-4-3-9(15)7-10(11)16/h2-7H,1H3,(H,17,18). The minimum Gasteiger partial charge on any atom is -0.331 e. The number of hydrogen-bond acceptors (Lipinski definition) is 3. The molecule has 0 aliphatic carbocycles. The van der Waals surface area contributed by atoms with Gasteiger partial charge in [0.05, 0.1) is 15.9 Å². The van der Waals surface area contributed by atoms with Gasteiger partial charge in [-0.1, -0.05) is 17.4 Å². The van der Waals surface area contributed by atoms with Crippen LogP contribution in [0.5, 0.6) is 0 Å². The van der Waals surface area contributed by atoms with Gasteiger partial charge in [-0.05, 0) is 65.4 Å². The molecule has 0 bridgehead atoms. The SMILES string of the molecule is Cc1ccc2sc(Nc3ccc(F)cc3I)nc2c1. The number of benzene rings is 2. The number of nitrogens with one attached hydrogen (secondary N) is 1. The molecule has 5 heteroatoms. The Hall–Kier alpha value is -1.21. The van der Waals surface area contributed by atoms with Gasteiger partial charge < -0.3 is 5.32 Å². The Bertz CT molecular complexity index is 754. The fraction of sp³-hybridized carbons (Fsp3) is 0.0714. The van der Waals surface area contributed by atoms with Crippen LogP contribution in [0.2, 0.25) is 0 Å². The fourth-order valence-electron chi connectivity index (χ4n) is 1.80. The zero-order valence-corrected chi connectivity index (χ0v) is 13.0. The highest BCUT2D eigenvalue weighted by Crippen LogP contribution is 2.30. The Morgan fingerprint density at radius 1 is 1.21 bits per heavy atom. The first-order valence-corrected chi connectivity index (χ1v) is 7.60. The minimum absolute atomic E-state index is 0.227. The van der Waals surface area contributed by atoms with E-state index in [4.69, 9.17) is 0 Å². The Morgan fingerprint density at radius 3 is 2.84 bits per heavy atom. The second kappa shape index (κ2) is 5.05. The molecule has 1 aromatic heterocycles. The number of thiazole rings is 1. The molecule has 1 N–H and O–H groups in total. The van der Waals surface area contributed by atoms with Crippen LogP contribution in [0.15, 0.2) is 36.4 Å². The zero-order chi connectivity index (χ0) is 13.4. The van der Waals surface area contributed by atoms with Crippen molar-refractivity contribution < 1.29 is 4.39 Å². The molecule has 0 aliphatic rings. The third-order valence-corrected chi connectivity index (χ3v) is 4.56. The normalized spacial score (nSPS) is 10.9. The van der Waals surface area contributed by atoms with Gasteiger partial charge in [0, 0.05) is 3.57 Å². The lowest BCUT2D eigenvalue weighted by Crippen LogP contribution is -1.92. The second-order valence-electron chi connectivity index (χ2n) is 4.24. The van der Waals surface area contributed by atoms with Gasteiger partial charge >= 0.3 is 0 Å². The summed E-state index contributed by atoms with van der Waals surface area (Å²) >= 11 is 3.71. The summed E-state index contributed by atoms with van der Waals surface area (Å²) in [4.78, 5) is 4.54. The van der Waals surface area contributed by atoms with Crippen LogP contribution in [0, 0.1) is 16.3 Å². The Labute approximate surface area is 127 Å². The van der Waals surface area contributed by atoms with E-state index < -0.39 is 0 Å². The molecule has 1 heterocycles. The van der Waals surface area contributed by atoms with Crippen molar-refractivity contribution in [3.05, 3.63) is 51.3 Å². The molecule has 0 unspecified atom stereocenters. The molecule has 2 aromatic carbocycles. The maximum absolute atomic E-state index is 13.1. The second-order valence-corrected chi connectivity index (χ2v) is 6.43. The number of fused-ring (bicyclic) bond motifs is 1. The summed E-state index contributed by atoms with van der Waals surface area (Å²) in [7, 11) is 0. The maximum atomic E-state index is 13.1. The molecule has 0 amide bonds. The van der Waals surface area contributed by atoms with Gasteiger partial charge in [0.25, 0.3) is 0 Å². The summed E-state index contributed by atoms with van der Waals surface area (Å²) in [5.74, 6) is -0.227. The summed E-state index contributed by atoms with van der Waals surface area (Å²) in [6.45, 7) is 2.05. The predicted octanol–water partition coefficient (Wildman–Crippen LogP) is 5.09. The maximum Gasteiger partial charge on any atom is 0.188 e. The van der Waals surface area contributed by atoms with Crippen molar-refractivity contribution in [2.45, 2.75) is 6.92 Å². The van der Waals surface area contributed by atoms with E-state index in [2.05, 4.69) is 58.0 Å². The molecule has 0 spiro atoms. The minimum atomic E-state index is -0.227. The molecule has 0 aliphatic heterocycles. The monoisotopic (exact) mass is 384 g/mol. The molecule has 3 aromatic rings. The summed E-state index contributed by atoms with van der Waals surface area (Å²) in [5, 5.41) is 4.07. The Morgan fingerprint density at radius 2 is 2.05 bits per heavy atom. The van der Waals surface area contributed by atoms with E-state index in [9.17, 15) is 4.39 Å². The molecule has 3 rings (SSSR count). The van der Waals surface area contributed by atoms with Crippen LogP contribution in [0.4, 0.5) is 15.2 Å². The van der Waals surface area contributed by atoms with E-state index in [1.165, 1.54) is 17.7 Å². The topological polar surface area (TPSA) is 24.9 Å². The van der Waals surface area contributed by atoms with Crippen molar-refractivity contribution in [1.29, 1.82) is 0 Å². The summed E-state index contributed by atoms with van der Waals surface area (Å²) in [6.07, 6.45) is 0. The van der Waals surface area contributed by atoms with Crippen LogP contribution < -0.4 is 5.32 Å². The van der Waals surface area contributed by atoms with Gasteiger partial charge in [-0.15, -0.1) is 0 Å². The van der Waals surface area contributed by atoms with Crippen LogP contribution in [-0.4, -0.2) is 4.98 Å². The molecule has 0 saturated heterocycles. The number of halogens is 2. The average Bonchev–Trinajstić information content (AvgIpc) is 2.74. The largest absolute Gasteiger partial charge is 0.331 e. The van der Waals surface area contributed by atoms with Crippen LogP contribution in [0.1, 0.15) is 5.56 Å². The quantitative estimate of drug-likeness (QED) is 0.623. The van der Waals surface area contributed by atoms with Crippen molar-refractivity contribution in [3.8, 4) is 0 Å². The average molecular weight is 384 g/mol. The van der Waals surface area contributed by atoms with Gasteiger partial charge in [0.2, 0.25) is 0 Å². The number of nitrogens with zero attached hydrogens (tertiary/aromatic N) is 1. The smallest absolute Gasteiger partial charge is 0.188 e. The lowest BCUT2D eigenvalue weighted by Gasteiger charge is -2.04.